The standard InChI is InChI=1S/C13H18ClN3O3/c1-8(2)15-12(18)7-16(4)13-9(3)5-10(17(19)20)6-11(13)14/h5-6,8H,7H2,1-4H3,(H,15,18). The van der Waals surface area contributed by atoms with E-state index in [2.05, 4.69) is 5.32 Å². The SMILES string of the molecule is Cc1cc([N+](=O)[O-])cc(Cl)c1N(C)CC(=O)NC(C)C. The highest BCUT2D eigenvalue weighted by molar-refractivity contribution is 6.33. The minimum atomic E-state index is -0.492. The highest BCUT2D eigenvalue weighted by atomic mass is 35.5. The molecule has 1 aromatic carbocycles. The van der Waals surface area contributed by atoms with E-state index in [1.54, 1.807) is 18.9 Å². The molecular weight excluding hydrogens is 282 g/mol. The molecule has 0 fully saturated rings. The Hall–Kier alpha value is -1.82. The number of benzene rings is 1. The zero-order valence-electron chi connectivity index (χ0n) is 11.9. The fourth-order valence-corrected chi connectivity index (χ4v) is 2.37. The van der Waals surface area contributed by atoms with Crippen LogP contribution in [0.4, 0.5) is 11.4 Å². The zero-order valence-corrected chi connectivity index (χ0v) is 12.7. The van der Waals surface area contributed by atoms with Crippen molar-refractivity contribution in [3.8, 4) is 0 Å². The summed E-state index contributed by atoms with van der Waals surface area (Å²) in [5, 5.41) is 13.8. The molecule has 0 spiro atoms. The van der Waals surface area contributed by atoms with Crippen molar-refractivity contribution in [2.45, 2.75) is 26.8 Å². The third kappa shape index (κ3) is 4.09. The molecule has 0 saturated carbocycles. The van der Waals surface area contributed by atoms with E-state index < -0.39 is 4.92 Å². The van der Waals surface area contributed by atoms with Gasteiger partial charge in [0.2, 0.25) is 5.91 Å². The number of hydrogen-bond donors (Lipinski definition) is 1. The van der Waals surface area contributed by atoms with Crippen LogP contribution < -0.4 is 10.2 Å². The summed E-state index contributed by atoms with van der Waals surface area (Å²) in [5.41, 5.74) is 1.22. The van der Waals surface area contributed by atoms with E-state index in [-0.39, 0.29) is 29.2 Å². The Morgan fingerprint density at radius 3 is 2.55 bits per heavy atom. The Kier molecular flexibility index (Phi) is 5.33. The molecule has 0 aliphatic rings. The molecule has 1 N–H and O–H groups in total. The largest absolute Gasteiger partial charge is 0.364 e. The van der Waals surface area contributed by atoms with E-state index in [4.69, 9.17) is 11.6 Å². The predicted octanol–water partition coefficient (Wildman–Crippen LogP) is 2.52. The first-order valence-corrected chi connectivity index (χ1v) is 6.55. The molecule has 6 nitrogen and oxygen atoms in total. The number of rotatable bonds is 5. The third-order valence-corrected chi connectivity index (χ3v) is 2.95. The van der Waals surface area contributed by atoms with E-state index in [0.717, 1.165) is 0 Å². The summed E-state index contributed by atoms with van der Waals surface area (Å²) in [6, 6.07) is 2.79. The van der Waals surface area contributed by atoms with Crippen molar-refractivity contribution in [3.05, 3.63) is 32.8 Å². The van der Waals surface area contributed by atoms with Gasteiger partial charge in [0.25, 0.3) is 5.69 Å². The monoisotopic (exact) mass is 299 g/mol. The van der Waals surface area contributed by atoms with Crippen LogP contribution in [0.15, 0.2) is 12.1 Å². The normalized spacial score (nSPS) is 10.5. The van der Waals surface area contributed by atoms with Crippen LogP contribution in [0.3, 0.4) is 0 Å². The van der Waals surface area contributed by atoms with Gasteiger partial charge < -0.3 is 10.2 Å². The average molecular weight is 300 g/mol. The smallest absolute Gasteiger partial charge is 0.271 e. The quantitative estimate of drug-likeness (QED) is 0.669. The number of nitrogens with one attached hydrogen (secondary N) is 1. The van der Waals surface area contributed by atoms with Gasteiger partial charge in [0, 0.05) is 25.2 Å². The molecule has 0 aromatic heterocycles. The Morgan fingerprint density at radius 2 is 2.10 bits per heavy atom. The van der Waals surface area contributed by atoms with Gasteiger partial charge in [0.15, 0.2) is 0 Å². The summed E-state index contributed by atoms with van der Waals surface area (Å²) in [6.07, 6.45) is 0. The van der Waals surface area contributed by atoms with Crippen LogP contribution >= 0.6 is 11.6 Å². The van der Waals surface area contributed by atoms with Crippen molar-refractivity contribution in [3.63, 3.8) is 0 Å². The topological polar surface area (TPSA) is 75.5 Å². The molecule has 110 valence electrons. The van der Waals surface area contributed by atoms with Crippen molar-refractivity contribution >= 4 is 28.9 Å². The molecule has 0 heterocycles. The maximum Gasteiger partial charge on any atom is 0.271 e. The molecule has 0 atom stereocenters. The lowest BCUT2D eigenvalue weighted by molar-refractivity contribution is -0.384. The molecule has 0 radical (unpaired) electrons. The van der Waals surface area contributed by atoms with Crippen LogP contribution in [0.1, 0.15) is 19.4 Å². The van der Waals surface area contributed by atoms with Gasteiger partial charge in [0.05, 0.1) is 22.2 Å². The first-order chi connectivity index (χ1) is 9.22. The van der Waals surface area contributed by atoms with Gasteiger partial charge >= 0.3 is 0 Å². The number of carbonyl (C=O) groups is 1. The Bertz CT molecular complexity index is 509. The molecule has 0 bridgehead atoms. The molecule has 0 aliphatic heterocycles. The van der Waals surface area contributed by atoms with E-state index in [9.17, 15) is 14.9 Å². The van der Waals surface area contributed by atoms with Gasteiger partial charge in [-0.05, 0) is 26.3 Å². The number of aryl methyl sites for hydroxylation is 1. The van der Waals surface area contributed by atoms with Crippen molar-refractivity contribution < 1.29 is 9.72 Å². The van der Waals surface area contributed by atoms with Crippen LogP contribution in [0.25, 0.3) is 0 Å². The second-order valence-electron chi connectivity index (χ2n) is 4.93. The van der Waals surface area contributed by atoms with E-state index in [1.165, 1.54) is 12.1 Å². The summed E-state index contributed by atoms with van der Waals surface area (Å²) < 4.78 is 0. The molecule has 1 aromatic rings. The van der Waals surface area contributed by atoms with Crippen molar-refractivity contribution in [1.82, 2.24) is 5.32 Å². The first-order valence-electron chi connectivity index (χ1n) is 6.17. The number of nitrogens with zero attached hydrogens (tertiary/aromatic N) is 2. The lowest BCUT2D eigenvalue weighted by Crippen LogP contribution is -2.38. The number of nitro groups is 1. The molecule has 0 unspecified atom stereocenters. The zero-order chi connectivity index (χ0) is 15.4. The van der Waals surface area contributed by atoms with Crippen molar-refractivity contribution in [2.24, 2.45) is 0 Å². The maximum atomic E-state index is 11.7. The molecular formula is C13H18ClN3O3. The average Bonchev–Trinajstić information content (AvgIpc) is 2.25. The molecule has 1 rings (SSSR count). The van der Waals surface area contributed by atoms with E-state index in [0.29, 0.717) is 11.3 Å². The van der Waals surface area contributed by atoms with Crippen LogP contribution in [0.5, 0.6) is 0 Å². The van der Waals surface area contributed by atoms with Gasteiger partial charge in [-0.3, -0.25) is 14.9 Å². The van der Waals surface area contributed by atoms with Gasteiger partial charge in [-0.25, -0.2) is 0 Å². The van der Waals surface area contributed by atoms with Crippen LogP contribution in [-0.4, -0.2) is 30.5 Å². The molecule has 0 saturated heterocycles. The maximum absolute atomic E-state index is 11.7. The van der Waals surface area contributed by atoms with Crippen molar-refractivity contribution in [1.29, 1.82) is 0 Å². The van der Waals surface area contributed by atoms with Gasteiger partial charge in [-0.1, -0.05) is 11.6 Å². The Balaban J connectivity index is 2.96. The first kappa shape index (κ1) is 16.2. The van der Waals surface area contributed by atoms with Gasteiger partial charge in [-0.15, -0.1) is 0 Å². The summed E-state index contributed by atoms with van der Waals surface area (Å²) in [7, 11) is 1.72. The number of likely N-dealkylation sites (N-methyl/N-ethyl adjacent to an activating group) is 1. The number of halogens is 1. The van der Waals surface area contributed by atoms with Gasteiger partial charge in [-0.2, -0.15) is 0 Å². The number of hydrogen-bond acceptors (Lipinski definition) is 4. The molecule has 1 amide bonds. The number of nitro benzene ring substituents is 1. The fraction of sp³-hybridized carbons (Fsp3) is 0.462. The molecule has 7 heteroatoms. The van der Waals surface area contributed by atoms with E-state index >= 15 is 0 Å². The molecule has 0 aliphatic carbocycles. The van der Waals surface area contributed by atoms with E-state index in [1.807, 2.05) is 13.8 Å². The highest BCUT2D eigenvalue weighted by Gasteiger charge is 2.17. The highest BCUT2D eigenvalue weighted by Crippen LogP contribution is 2.32. The minimum Gasteiger partial charge on any atom is -0.364 e. The summed E-state index contributed by atoms with van der Waals surface area (Å²) in [4.78, 5) is 23.7. The second-order valence-corrected chi connectivity index (χ2v) is 5.34. The fourth-order valence-electron chi connectivity index (χ4n) is 1.97. The lowest BCUT2D eigenvalue weighted by atomic mass is 10.1. The Morgan fingerprint density at radius 1 is 1.50 bits per heavy atom. The summed E-state index contributed by atoms with van der Waals surface area (Å²) in [6.45, 7) is 5.62. The minimum absolute atomic E-state index is 0.0590. The van der Waals surface area contributed by atoms with Crippen LogP contribution in [-0.2, 0) is 4.79 Å². The summed E-state index contributed by atoms with van der Waals surface area (Å²) in [5.74, 6) is -0.128. The summed E-state index contributed by atoms with van der Waals surface area (Å²) >= 11 is 6.08. The van der Waals surface area contributed by atoms with Crippen LogP contribution in [0, 0.1) is 17.0 Å². The Labute approximate surface area is 122 Å². The number of amides is 1. The van der Waals surface area contributed by atoms with Gasteiger partial charge in [0.1, 0.15) is 0 Å². The van der Waals surface area contributed by atoms with Crippen LogP contribution in [0.2, 0.25) is 5.02 Å². The molecule has 20 heavy (non-hydrogen) atoms. The number of anilines is 1. The number of carbonyl (C=O) groups excluding carboxylic acids is 1. The predicted molar refractivity (Wildman–Crippen MR) is 79.4 cm³/mol. The number of non-ortho nitro benzene ring substituents is 1. The lowest BCUT2D eigenvalue weighted by Gasteiger charge is -2.22. The van der Waals surface area contributed by atoms with Crippen molar-refractivity contribution in [2.75, 3.05) is 18.5 Å². The second kappa shape index (κ2) is 6.56. The third-order valence-electron chi connectivity index (χ3n) is 2.66.